The van der Waals surface area contributed by atoms with Crippen LogP contribution < -0.4 is 5.56 Å². The van der Waals surface area contributed by atoms with Crippen LogP contribution in [0.2, 0.25) is 0 Å². The van der Waals surface area contributed by atoms with Crippen LogP contribution in [0.15, 0.2) is 11.0 Å². The minimum Gasteiger partial charge on any atom is -0.381 e. The zero-order valence-electron chi connectivity index (χ0n) is 13.2. The first kappa shape index (κ1) is 14.8. The van der Waals surface area contributed by atoms with Gasteiger partial charge in [-0.1, -0.05) is 0 Å². The third-order valence-corrected chi connectivity index (χ3v) is 4.87. The molecule has 2 aliphatic rings. The van der Waals surface area contributed by atoms with Crippen molar-refractivity contribution in [3.63, 3.8) is 0 Å². The van der Waals surface area contributed by atoms with Gasteiger partial charge in [-0.2, -0.15) is 5.10 Å². The van der Waals surface area contributed by atoms with Crippen LogP contribution in [0.25, 0.3) is 11.0 Å². The number of rotatable bonds is 3. The molecule has 0 aromatic carbocycles. The highest BCUT2D eigenvalue weighted by molar-refractivity contribution is 5.73. The highest BCUT2D eigenvalue weighted by Crippen LogP contribution is 2.24. The van der Waals surface area contributed by atoms with Gasteiger partial charge in [0.2, 0.25) is 0 Å². The molecule has 2 fully saturated rings. The van der Waals surface area contributed by atoms with E-state index in [2.05, 4.69) is 10.1 Å². The second-order valence-corrected chi connectivity index (χ2v) is 6.44. The van der Waals surface area contributed by atoms with Crippen molar-refractivity contribution in [2.24, 2.45) is 5.92 Å². The maximum atomic E-state index is 12.3. The monoisotopic (exact) mass is 318 g/mol. The van der Waals surface area contributed by atoms with Gasteiger partial charge < -0.3 is 14.5 Å². The Kier molecular flexibility index (Phi) is 4.13. The summed E-state index contributed by atoms with van der Waals surface area (Å²) in [5.74, 6) is 1.30. The Bertz CT molecular complexity index is 726. The Morgan fingerprint density at radius 2 is 1.83 bits per heavy atom. The summed E-state index contributed by atoms with van der Waals surface area (Å²) >= 11 is 0. The molecule has 0 aliphatic carbocycles. The maximum absolute atomic E-state index is 12.3. The molecule has 124 valence electrons. The van der Waals surface area contributed by atoms with Crippen LogP contribution >= 0.6 is 0 Å². The van der Waals surface area contributed by atoms with Crippen LogP contribution in [0.5, 0.6) is 0 Å². The normalized spacial score (nSPS) is 21.0. The van der Waals surface area contributed by atoms with E-state index in [1.807, 2.05) is 4.68 Å². The standard InChI is InChI=1S/C16H22N4O3/c21-16-13-10-17-20(12-3-7-23-8-4-12)15(13)18-14(19-16)9-11-1-5-22-6-2-11/h10-12H,1-9H2,(H,18,19,21). The summed E-state index contributed by atoms with van der Waals surface area (Å²) in [6, 6.07) is 0.270. The van der Waals surface area contributed by atoms with Gasteiger partial charge in [-0.05, 0) is 31.6 Å². The second-order valence-electron chi connectivity index (χ2n) is 6.44. The van der Waals surface area contributed by atoms with E-state index in [1.165, 1.54) is 0 Å². The average molecular weight is 318 g/mol. The predicted molar refractivity (Wildman–Crippen MR) is 84.5 cm³/mol. The number of nitrogens with one attached hydrogen (secondary N) is 1. The molecule has 2 aliphatic heterocycles. The Morgan fingerprint density at radius 1 is 1.13 bits per heavy atom. The van der Waals surface area contributed by atoms with Gasteiger partial charge in [0.25, 0.3) is 5.56 Å². The van der Waals surface area contributed by atoms with E-state index in [0.29, 0.717) is 17.0 Å². The molecule has 7 nitrogen and oxygen atoms in total. The van der Waals surface area contributed by atoms with Crippen LogP contribution in [0.1, 0.15) is 37.5 Å². The third-order valence-electron chi connectivity index (χ3n) is 4.87. The van der Waals surface area contributed by atoms with Gasteiger partial charge in [0.05, 0.1) is 12.2 Å². The maximum Gasteiger partial charge on any atom is 0.262 e. The Hall–Kier alpha value is -1.73. The van der Waals surface area contributed by atoms with E-state index < -0.39 is 0 Å². The first-order valence-corrected chi connectivity index (χ1v) is 8.43. The predicted octanol–water partition coefficient (Wildman–Crippen LogP) is 1.44. The number of hydrogen-bond acceptors (Lipinski definition) is 5. The number of nitrogens with zero attached hydrogens (tertiary/aromatic N) is 3. The Morgan fingerprint density at radius 3 is 2.57 bits per heavy atom. The molecule has 0 saturated carbocycles. The molecule has 0 bridgehead atoms. The van der Waals surface area contributed by atoms with Gasteiger partial charge >= 0.3 is 0 Å². The number of aromatic amines is 1. The molecule has 7 heteroatoms. The van der Waals surface area contributed by atoms with Gasteiger partial charge in [-0.25, -0.2) is 9.67 Å². The average Bonchev–Trinajstić information content (AvgIpc) is 3.01. The largest absolute Gasteiger partial charge is 0.381 e. The van der Waals surface area contributed by atoms with Crippen LogP contribution in [0.4, 0.5) is 0 Å². The van der Waals surface area contributed by atoms with Gasteiger partial charge in [0.15, 0.2) is 5.65 Å². The highest BCUT2D eigenvalue weighted by Gasteiger charge is 2.21. The number of aromatic nitrogens is 4. The fourth-order valence-electron chi connectivity index (χ4n) is 3.50. The van der Waals surface area contributed by atoms with Gasteiger partial charge in [0, 0.05) is 32.8 Å². The van der Waals surface area contributed by atoms with Gasteiger partial charge in [0.1, 0.15) is 11.2 Å². The number of fused-ring (bicyclic) bond motifs is 1. The van der Waals surface area contributed by atoms with E-state index in [1.54, 1.807) is 6.20 Å². The lowest BCUT2D eigenvalue weighted by molar-refractivity contribution is 0.0658. The van der Waals surface area contributed by atoms with Crippen molar-refractivity contribution in [1.29, 1.82) is 0 Å². The number of ether oxygens (including phenoxy) is 2. The van der Waals surface area contributed by atoms with Crippen molar-refractivity contribution in [2.45, 2.75) is 38.1 Å². The van der Waals surface area contributed by atoms with E-state index in [9.17, 15) is 4.79 Å². The number of hydrogen-bond donors (Lipinski definition) is 1. The zero-order chi connectivity index (χ0) is 15.6. The van der Waals surface area contributed by atoms with Crippen molar-refractivity contribution in [3.05, 3.63) is 22.4 Å². The summed E-state index contributed by atoms with van der Waals surface area (Å²) in [6.45, 7) is 3.09. The summed E-state index contributed by atoms with van der Waals surface area (Å²) < 4.78 is 12.7. The van der Waals surface area contributed by atoms with Crippen molar-refractivity contribution in [3.8, 4) is 0 Å². The second kappa shape index (κ2) is 6.41. The zero-order valence-corrected chi connectivity index (χ0v) is 13.2. The molecule has 4 rings (SSSR count). The molecule has 0 radical (unpaired) electrons. The summed E-state index contributed by atoms with van der Waals surface area (Å²) in [7, 11) is 0. The molecule has 1 N–H and O–H groups in total. The topological polar surface area (TPSA) is 82.0 Å². The number of H-pyrrole nitrogens is 1. The van der Waals surface area contributed by atoms with E-state index >= 15 is 0 Å². The lowest BCUT2D eigenvalue weighted by Crippen LogP contribution is -2.23. The van der Waals surface area contributed by atoms with Crippen molar-refractivity contribution >= 4 is 11.0 Å². The third kappa shape index (κ3) is 3.03. The summed E-state index contributed by atoms with van der Waals surface area (Å²) in [5, 5.41) is 5.00. The van der Waals surface area contributed by atoms with Crippen molar-refractivity contribution in [1.82, 2.24) is 19.7 Å². The molecular formula is C16H22N4O3. The van der Waals surface area contributed by atoms with E-state index in [0.717, 1.165) is 64.4 Å². The van der Waals surface area contributed by atoms with Crippen molar-refractivity contribution in [2.75, 3.05) is 26.4 Å². The minimum atomic E-state index is -0.0876. The fraction of sp³-hybridized carbons (Fsp3) is 0.688. The lowest BCUT2D eigenvalue weighted by Gasteiger charge is -2.23. The SMILES string of the molecule is O=c1[nH]c(CC2CCOCC2)nc2c1cnn2C1CCOCC1. The molecule has 0 unspecified atom stereocenters. The molecule has 2 aromatic heterocycles. The smallest absolute Gasteiger partial charge is 0.262 e. The summed E-state index contributed by atoms with van der Waals surface area (Å²) in [6.07, 6.45) is 6.32. The molecule has 23 heavy (non-hydrogen) atoms. The molecule has 0 amide bonds. The molecule has 2 aromatic rings. The van der Waals surface area contributed by atoms with Crippen LogP contribution in [-0.2, 0) is 15.9 Å². The first-order valence-electron chi connectivity index (χ1n) is 8.43. The summed E-state index contributed by atoms with van der Waals surface area (Å²) in [4.78, 5) is 20.0. The molecule has 4 heterocycles. The first-order chi connectivity index (χ1) is 11.3. The van der Waals surface area contributed by atoms with Gasteiger partial charge in [-0.15, -0.1) is 0 Å². The molecule has 2 saturated heterocycles. The fourth-order valence-corrected chi connectivity index (χ4v) is 3.50. The molecule has 0 spiro atoms. The quantitative estimate of drug-likeness (QED) is 0.926. The van der Waals surface area contributed by atoms with Crippen LogP contribution in [-0.4, -0.2) is 46.2 Å². The van der Waals surface area contributed by atoms with Crippen molar-refractivity contribution < 1.29 is 9.47 Å². The van der Waals surface area contributed by atoms with Gasteiger partial charge in [-0.3, -0.25) is 4.79 Å². The van der Waals surface area contributed by atoms with E-state index in [4.69, 9.17) is 14.5 Å². The Labute approximate surface area is 134 Å². The molecule has 0 atom stereocenters. The Balaban J connectivity index is 1.65. The molecular weight excluding hydrogens is 296 g/mol. The minimum absolute atomic E-state index is 0.0876. The van der Waals surface area contributed by atoms with E-state index in [-0.39, 0.29) is 11.6 Å². The van der Waals surface area contributed by atoms with Crippen LogP contribution in [0, 0.1) is 5.92 Å². The summed E-state index contributed by atoms with van der Waals surface area (Å²) in [5.41, 5.74) is 0.623. The highest BCUT2D eigenvalue weighted by atomic mass is 16.5. The lowest BCUT2D eigenvalue weighted by atomic mass is 9.96. The van der Waals surface area contributed by atoms with Crippen LogP contribution in [0.3, 0.4) is 0 Å².